The molecule has 146 valence electrons. The Hall–Kier alpha value is -2.96. The molecule has 0 aromatic heterocycles. The van der Waals surface area contributed by atoms with Crippen molar-refractivity contribution in [1.82, 2.24) is 9.80 Å². The summed E-state index contributed by atoms with van der Waals surface area (Å²) >= 11 is 0. The molecule has 3 amide bonds. The summed E-state index contributed by atoms with van der Waals surface area (Å²) in [6, 6.07) is 9.87. The van der Waals surface area contributed by atoms with E-state index in [0.29, 0.717) is 29.9 Å². The van der Waals surface area contributed by atoms with E-state index in [9.17, 15) is 18.4 Å². The lowest BCUT2D eigenvalue weighted by Gasteiger charge is -2.44. The summed E-state index contributed by atoms with van der Waals surface area (Å²) in [7, 11) is 1.71. The highest BCUT2D eigenvalue weighted by Gasteiger charge is 2.41. The summed E-state index contributed by atoms with van der Waals surface area (Å²) in [4.78, 5) is 27.8. The Balaban J connectivity index is 1.33. The number of benzene rings is 2. The average molecular weight is 385 g/mol. The molecule has 2 aromatic carbocycles. The number of halogens is 2. The molecule has 2 aromatic rings. The van der Waals surface area contributed by atoms with Crippen LogP contribution in [0.4, 0.5) is 19.3 Å². The number of urea groups is 1. The number of carbonyl (C=O) groups is 2. The van der Waals surface area contributed by atoms with Crippen LogP contribution in [0.3, 0.4) is 0 Å². The van der Waals surface area contributed by atoms with Crippen LogP contribution < -0.4 is 5.32 Å². The molecule has 1 N–H and O–H groups in total. The molecule has 1 heterocycles. The number of amides is 3. The van der Waals surface area contributed by atoms with Gasteiger partial charge in [0, 0.05) is 37.8 Å². The number of hydrogen-bond donors (Lipinski definition) is 1. The lowest BCUT2D eigenvalue weighted by molar-refractivity contribution is -0.138. The van der Waals surface area contributed by atoms with E-state index >= 15 is 0 Å². The van der Waals surface area contributed by atoms with Crippen LogP contribution in [0.25, 0.3) is 11.1 Å². The van der Waals surface area contributed by atoms with Gasteiger partial charge in [-0.2, -0.15) is 0 Å². The Kier molecular flexibility index (Phi) is 4.75. The van der Waals surface area contributed by atoms with Gasteiger partial charge < -0.3 is 15.1 Å². The Morgan fingerprint density at radius 3 is 2.18 bits per heavy atom. The van der Waals surface area contributed by atoms with Crippen LogP contribution >= 0.6 is 0 Å². The number of likely N-dealkylation sites (tertiary alicyclic amines) is 1. The molecule has 0 atom stereocenters. The fourth-order valence-electron chi connectivity index (χ4n) is 3.31. The molecule has 28 heavy (non-hydrogen) atoms. The van der Waals surface area contributed by atoms with Gasteiger partial charge in [-0.3, -0.25) is 4.79 Å². The van der Waals surface area contributed by atoms with Crippen LogP contribution in [0.2, 0.25) is 0 Å². The van der Waals surface area contributed by atoms with Crippen molar-refractivity contribution < 1.29 is 18.4 Å². The summed E-state index contributed by atoms with van der Waals surface area (Å²) in [5, 5.41) is 2.81. The highest BCUT2D eigenvalue weighted by Crippen LogP contribution is 2.33. The van der Waals surface area contributed by atoms with Crippen molar-refractivity contribution in [1.29, 1.82) is 0 Å². The molecule has 4 rings (SSSR count). The van der Waals surface area contributed by atoms with E-state index in [0.717, 1.165) is 18.9 Å². The molecular formula is C21H21F2N3O2. The topological polar surface area (TPSA) is 52.7 Å². The number of carbonyl (C=O) groups excluding carboxylic acids is 2. The van der Waals surface area contributed by atoms with E-state index in [2.05, 4.69) is 5.32 Å². The van der Waals surface area contributed by atoms with Gasteiger partial charge in [0.25, 0.3) is 0 Å². The van der Waals surface area contributed by atoms with E-state index in [-0.39, 0.29) is 23.9 Å². The average Bonchev–Trinajstić information content (AvgIpc) is 3.45. The Morgan fingerprint density at radius 1 is 1.00 bits per heavy atom. The Bertz CT molecular complexity index is 886. The molecule has 1 saturated carbocycles. The van der Waals surface area contributed by atoms with Gasteiger partial charge in [-0.1, -0.05) is 12.1 Å². The van der Waals surface area contributed by atoms with Gasteiger partial charge in [-0.05, 0) is 48.2 Å². The fourth-order valence-corrected chi connectivity index (χ4v) is 3.31. The highest BCUT2D eigenvalue weighted by molar-refractivity contribution is 5.90. The van der Waals surface area contributed by atoms with Crippen LogP contribution in [0.1, 0.15) is 12.8 Å². The van der Waals surface area contributed by atoms with Crippen molar-refractivity contribution in [3.63, 3.8) is 0 Å². The predicted molar refractivity (Wildman–Crippen MR) is 102 cm³/mol. The molecule has 0 bridgehead atoms. The second-order valence-corrected chi connectivity index (χ2v) is 7.45. The van der Waals surface area contributed by atoms with Crippen molar-refractivity contribution in [2.24, 2.45) is 5.92 Å². The minimum absolute atomic E-state index is 0.0113. The first-order valence-corrected chi connectivity index (χ1v) is 9.30. The van der Waals surface area contributed by atoms with Gasteiger partial charge >= 0.3 is 6.03 Å². The van der Waals surface area contributed by atoms with Gasteiger partial charge in [0.15, 0.2) is 0 Å². The molecule has 1 aliphatic heterocycles. The molecule has 1 aliphatic carbocycles. The van der Waals surface area contributed by atoms with Crippen molar-refractivity contribution in [3.8, 4) is 11.1 Å². The second-order valence-electron chi connectivity index (χ2n) is 7.45. The van der Waals surface area contributed by atoms with Gasteiger partial charge in [-0.15, -0.1) is 0 Å². The van der Waals surface area contributed by atoms with Crippen LogP contribution in [0, 0.1) is 17.6 Å². The van der Waals surface area contributed by atoms with Gasteiger partial charge in [0.05, 0.1) is 6.04 Å². The van der Waals surface area contributed by atoms with Crippen LogP contribution in [-0.2, 0) is 4.79 Å². The van der Waals surface area contributed by atoms with Crippen molar-refractivity contribution in [3.05, 3.63) is 54.1 Å². The number of likely N-dealkylation sites (N-methyl/N-ethyl adjacent to an activating group) is 1. The number of nitrogens with zero attached hydrogens (tertiary/aromatic N) is 2. The summed E-state index contributed by atoms with van der Waals surface area (Å²) in [6.45, 7) is 1.15. The number of anilines is 1. The first-order valence-electron chi connectivity index (χ1n) is 9.30. The third-order valence-electron chi connectivity index (χ3n) is 5.30. The molecule has 5 nitrogen and oxygen atoms in total. The zero-order valence-electron chi connectivity index (χ0n) is 15.5. The SMILES string of the molecule is CN(C(=O)Nc1ccc(-c2cc(F)cc(F)c2)cc1)C1CN(C(=O)C2CC2)C1. The van der Waals surface area contributed by atoms with Gasteiger partial charge in [0.2, 0.25) is 5.91 Å². The quantitative estimate of drug-likeness (QED) is 0.872. The van der Waals surface area contributed by atoms with Crippen LogP contribution in [0.15, 0.2) is 42.5 Å². The zero-order valence-corrected chi connectivity index (χ0v) is 15.5. The lowest BCUT2D eigenvalue weighted by atomic mass is 10.0. The third kappa shape index (κ3) is 3.83. The molecule has 0 radical (unpaired) electrons. The molecule has 2 aliphatic rings. The molecule has 1 saturated heterocycles. The maximum absolute atomic E-state index is 13.4. The number of rotatable bonds is 4. The molecule has 2 fully saturated rings. The van der Waals surface area contributed by atoms with Crippen molar-refractivity contribution in [2.75, 3.05) is 25.5 Å². The summed E-state index contributed by atoms with van der Waals surface area (Å²) in [6.07, 6.45) is 1.96. The normalized spacial score (nSPS) is 16.5. The third-order valence-corrected chi connectivity index (χ3v) is 5.30. The zero-order chi connectivity index (χ0) is 19.8. The smallest absolute Gasteiger partial charge is 0.321 e. The van der Waals surface area contributed by atoms with E-state index in [1.807, 2.05) is 0 Å². The van der Waals surface area contributed by atoms with Gasteiger partial charge in [-0.25, -0.2) is 13.6 Å². The standard InChI is InChI=1S/C21H21F2N3O2/c1-25(19-11-26(12-19)20(27)14-2-3-14)21(28)24-18-6-4-13(5-7-18)15-8-16(22)10-17(23)9-15/h4-10,14,19H,2-3,11-12H2,1H3,(H,24,28). The van der Waals surface area contributed by atoms with Crippen molar-refractivity contribution in [2.45, 2.75) is 18.9 Å². The minimum Gasteiger partial charge on any atom is -0.338 e. The largest absolute Gasteiger partial charge is 0.338 e. The maximum atomic E-state index is 13.4. The van der Waals surface area contributed by atoms with E-state index in [1.165, 1.54) is 12.1 Å². The Labute approximate surface area is 161 Å². The molecule has 0 spiro atoms. The first kappa shape index (κ1) is 18.4. The first-order chi connectivity index (χ1) is 13.4. The summed E-state index contributed by atoms with van der Waals surface area (Å²) in [5.41, 5.74) is 1.67. The van der Waals surface area contributed by atoms with E-state index in [1.54, 1.807) is 41.1 Å². The number of nitrogens with one attached hydrogen (secondary N) is 1. The van der Waals surface area contributed by atoms with E-state index < -0.39 is 11.6 Å². The van der Waals surface area contributed by atoms with Crippen molar-refractivity contribution >= 4 is 17.6 Å². The predicted octanol–water partition coefficient (Wildman–Crippen LogP) is 3.72. The fraction of sp³-hybridized carbons (Fsp3) is 0.333. The maximum Gasteiger partial charge on any atom is 0.321 e. The highest BCUT2D eigenvalue weighted by atomic mass is 19.1. The summed E-state index contributed by atoms with van der Waals surface area (Å²) < 4.78 is 26.7. The van der Waals surface area contributed by atoms with Crippen LogP contribution in [0.5, 0.6) is 0 Å². The van der Waals surface area contributed by atoms with Crippen LogP contribution in [-0.4, -0.2) is 47.9 Å². The van der Waals surface area contributed by atoms with Gasteiger partial charge in [0.1, 0.15) is 11.6 Å². The monoisotopic (exact) mass is 385 g/mol. The summed E-state index contributed by atoms with van der Waals surface area (Å²) in [5.74, 6) is -0.868. The van der Waals surface area contributed by atoms with E-state index in [4.69, 9.17) is 0 Å². The minimum atomic E-state index is -0.635. The second kappa shape index (κ2) is 7.22. The molecular weight excluding hydrogens is 364 g/mol. The Morgan fingerprint density at radius 2 is 1.61 bits per heavy atom. The molecule has 0 unspecified atom stereocenters. The molecule has 7 heteroatoms. The number of hydrogen-bond acceptors (Lipinski definition) is 2. The lowest BCUT2D eigenvalue weighted by Crippen LogP contribution is -2.62.